The molecule has 198 valence electrons. The van der Waals surface area contributed by atoms with E-state index in [1.807, 2.05) is 74.5 Å². The maximum absolute atomic E-state index is 13.7. The zero-order chi connectivity index (χ0) is 27.2. The molecule has 0 aliphatic carbocycles. The van der Waals surface area contributed by atoms with Gasteiger partial charge in [0.1, 0.15) is 17.6 Å². The summed E-state index contributed by atoms with van der Waals surface area (Å²) in [7, 11) is 0. The second kappa shape index (κ2) is 12.2. The van der Waals surface area contributed by atoms with Crippen molar-refractivity contribution in [3.8, 4) is 0 Å². The molecule has 8 nitrogen and oxygen atoms in total. The Labute approximate surface area is 227 Å². The normalized spacial score (nSPS) is 18.2. The number of amides is 3. The highest BCUT2D eigenvalue weighted by Gasteiger charge is 2.40. The summed E-state index contributed by atoms with van der Waals surface area (Å²) in [6, 6.07) is 17.1. The Morgan fingerprint density at radius 1 is 1.05 bits per heavy atom. The first-order valence-electron chi connectivity index (χ1n) is 12.7. The van der Waals surface area contributed by atoms with Crippen molar-refractivity contribution in [3.63, 3.8) is 0 Å². The maximum atomic E-state index is 13.7. The van der Waals surface area contributed by atoms with Crippen molar-refractivity contribution >= 4 is 46.0 Å². The summed E-state index contributed by atoms with van der Waals surface area (Å²) < 4.78 is 0. The van der Waals surface area contributed by atoms with Crippen molar-refractivity contribution in [2.24, 2.45) is 10.9 Å². The number of carbonyl (C=O) groups is 4. The third-order valence-corrected chi connectivity index (χ3v) is 7.46. The summed E-state index contributed by atoms with van der Waals surface area (Å²) in [4.78, 5) is 60.1. The molecule has 2 aliphatic heterocycles. The largest absolute Gasteiger partial charge is 0.344 e. The highest BCUT2D eigenvalue weighted by Crippen LogP contribution is 2.30. The lowest BCUT2D eigenvalue weighted by molar-refractivity contribution is -0.144. The van der Waals surface area contributed by atoms with Gasteiger partial charge in [-0.25, -0.2) is 0 Å². The molecule has 0 unspecified atom stereocenters. The summed E-state index contributed by atoms with van der Waals surface area (Å²) in [5.41, 5.74) is 2.07. The number of hydrogen-bond acceptors (Lipinski definition) is 6. The van der Waals surface area contributed by atoms with Crippen LogP contribution in [0.2, 0.25) is 0 Å². The first kappa shape index (κ1) is 27.3. The van der Waals surface area contributed by atoms with Crippen LogP contribution in [0.25, 0.3) is 5.70 Å². The first-order valence-corrected chi connectivity index (χ1v) is 13.7. The minimum atomic E-state index is -0.812. The molecule has 9 heteroatoms. The highest BCUT2D eigenvalue weighted by molar-refractivity contribution is 8.16. The Kier molecular flexibility index (Phi) is 8.78. The molecule has 0 radical (unpaired) electrons. The summed E-state index contributed by atoms with van der Waals surface area (Å²) in [6.45, 7) is 5.45. The number of nitrogens with zero attached hydrogens (tertiary/aromatic N) is 3. The van der Waals surface area contributed by atoms with Crippen molar-refractivity contribution in [3.05, 3.63) is 78.0 Å². The monoisotopic (exact) mass is 532 g/mol. The molecule has 0 bridgehead atoms. The number of hydrogen-bond donors (Lipinski definition) is 1. The highest BCUT2D eigenvalue weighted by atomic mass is 32.2. The average molecular weight is 533 g/mol. The van der Waals surface area contributed by atoms with Gasteiger partial charge in [-0.3, -0.25) is 29.1 Å². The molecule has 2 aromatic carbocycles. The van der Waals surface area contributed by atoms with Gasteiger partial charge < -0.3 is 10.2 Å². The van der Waals surface area contributed by atoms with Crippen LogP contribution in [0.4, 0.5) is 0 Å². The molecule has 1 N–H and O–H groups in total. The number of carbonyl (C=O) groups excluding carboxylic acids is 4. The van der Waals surface area contributed by atoms with E-state index in [4.69, 9.17) is 0 Å². The van der Waals surface area contributed by atoms with Crippen LogP contribution in [0, 0.1) is 5.92 Å². The molecular formula is C29H32N4O4S. The Morgan fingerprint density at radius 2 is 1.71 bits per heavy atom. The Hall–Kier alpha value is -3.72. The molecule has 0 aromatic heterocycles. The van der Waals surface area contributed by atoms with Crippen molar-refractivity contribution in [1.29, 1.82) is 0 Å². The fourth-order valence-corrected chi connectivity index (χ4v) is 5.49. The van der Waals surface area contributed by atoms with E-state index in [-0.39, 0.29) is 30.1 Å². The molecule has 4 rings (SSSR count). The second-order valence-electron chi connectivity index (χ2n) is 9.63. The maximum Gasteiger partial charge on any atom is 0.250 e. The summed E-state index contributed by atoms with van der Waals surface area (Å²) >= 11 is 1.39. The lowest BCUT2D eigenvalue weighted by atomic mass is 9.97. The Bertz CT molecular complexity index is 1260. The van der Waals surface area contributed by atoms with E-state index in [0.29, 0.717) is 29.3 Å². The van der Waals surface area contributed by atoms with Crippen molar-refractivity contribution in [2.75, 3.05) is 18.8 Å². The minimum absolute atomic E-state index is 0.171. The van der Waals surface area contributed by atoms with Crippen LogP contribution in [0.3, 0.4) is 0 Å². The molecular weight excluding hydrogens is 500 g/mol. The van der Waals surface area contributed by atoms with E-state index in [1.165, 1.54) is 28.5 Å². The number of nitrogens with one attached hydrogen (secondary N) is 1. The van der Waals surface area contributed by atoms with E-state index >= 15 is 0 Å². The van der Waals surface area contributed by atoms with Crippen LogP contribution in [0.15, 0.2) is 71.9 Å². The van der Waals surface area contributed by atoms with Gasteiger partial charge in [-0.1, -0.05) is 74.5 Å². The van der Waals surface area contributed by atoms with Gasteiger partial charge in [-0.2, -0.15) is 0 Å². The molecule has 2 heterocycles. The van der Waals surface area contributed by atoms with Crippen LogP contribution in [-0.4, -0.2) is 69.3 Å². The van der Waals surface area contributed by atoms with Gasteiger partial charge in [-0.05, 0) is 17.0 Å². The Balaban J connectivity index is 1.62. The molecule has 0 saturated heterocycles. The van der Waals surface area contributed by atoms with E-state index in [2.05, 4.69) is 10.3 Å². The van der Waals surface area contributed by atoms with Gasteiger partial charge >= 0.3 is 0 Å². The predicted octanol–water partition coefficient (Wildman–Crippen LogP) is 3.14. The number of benzene rings is 2. The van der Waals surface area contributed by atoms with Crippen molar-refractivity contribution < 1.29 is 19.2 Å². The fourth-order valence-electron chi connectivity index (χ4n) is 4.65. The van der Waals surface area contributed by atoms with Gasteiger partial charge in [0.05, 0.1) is 11.7 Å². The summed E-state index contributed by atoms with van der Waals surface area (Å²) in [6.07, 6.45) is 1.96. The third kappa shape index (κ3) is 6.22. The standard InChI is InChI=1S/C29H32N4O4S/c1-19(2)26-29(37)33(24(17-32(26)20(3)34)22-12-8-5-9-13-22)18-25(35)31-23(16-21-10-6-4-7-11-21)27(36)28-30-14-15-38-28/h4-13,17,19,23,26H,14-16,18H2,1-3H3,(H,31,35)/t23-,26-/m0/s1. The second-order valence-corrected chi connectivity index (χ2v) is 10.7. The Morgan fingerprint density at radius 3 is 2.29 bits per heavy atom. The van der Waals surface area contributed by atoms with Crippen molar-refractivity contribution in [2.45, 2.75) is 39.3 Å². The minimum Gasteiger partial charge on any atom is -0.344 e. The molecule has 2 atom stereocenters. The average Bonchev–Trinajstić information content (AvgIpc) is 3.44. The van der Waals surface area contributed by atoms with Crippen LogP contribution in [-0.2, 0) is 25.6 Å². The SMILES string of the molecule is CC(=O)N1C=C(c2ccccc2)N(CC(=O)N[C@@H](Cc2ccccc2)C(=O)C2=NCCS2)C(=O)[C@@H]1C(C)C. The number of ketones is 1. The molecule has 2 aromatic rings. The summed E-state index contributed by atoms with van der Waals surface area (Å²) in [5, 5.41) is 3.29. The predicted molar refractivity (Wildman–Crippen MR) is 149 cm³/mol. The van der Waals surface area contributed by atoms with E-state index in [9.17, 15) is 19.2 Å². The zero-order valence-corrected chi connectivity index (χ0v) is 22.6. The molecule has 38 heavy (non-hydrogen) atoms. The molecule has 3 amide bonds. The molecule has 0 saturated carbocycles. The van der Waals surface area contributed by atoms with E-state index < -0.39 is 18.0 Å². The van der Waals surface area contributed by atoms with Gasteiger partial charge in [-0.15, -0.1) is 11.8 Å². The smallest absolute Gasteiger partial charge is 0.250 e. The van der Waals surface area contributed by atoms with Crippen LogP contribution in [0.1, 0.15) is 31.9 Å². The lowest BCUT2D eigenvalue weighted by Crippen LogP contribution is -2.56. The number of Topliss-reactive ketones (excluding diaryl/α,β-unsaturated/α-hetero) is 1. The number of thioether (sulfide) groups is 1. The van der Waals surface area contributed by atoms with Gasteiger partial charge in [0.15, 0.2) is 0 Å². The first-order chi connectivity index (χ1) is 18.3. The molecule has 0 fully saturated rings. The van der Waals surface area contributed by atoms with E-state index in [1.54, 1.807) is 6.20 Å². The number of aliphatic imine (C=N–C) groups is 1. The van der Waals surface area contributed by atoms with Crippen LogP contribution < -0.4 is 5.32 Å². The fraction of sp³-hybridized carbons (Fsp3) is 0.345. The number of rotatable bonds is 9. The van der Waals surface area contributed by atoms with Gasteiger partial charge in [0, 0.05) is 31.8 Å². The van der Waals surface area contributed by atoms with E-state index in [0.717, 1.165) is 11.3 Å². The van der Waals surface area contributed by atoms with Crippen LogP contribution >= 0.6 is 11.8 Å². The molecule has 2 aliphatic rings. The summed E-state index contributed by atoms with van der Waals surface area (Å²) in [5.74, 6) is -0.709. The third-order valence-electron chi connectivity index (χ3n) is 6.47. The van der Waals surface area contributed by atoms with Crippen molar-refractivity contribution in [1.82, 2.24) is 15.1 Å². The van der Waals surface area contributed by atoms with Crippen LogP contribution in [0.5, 0.6) is 0 Å². The van der Waals surface area contributed by atoms with Gasteiger partial charge in [0.2, 0.25) is 17.6 Å². The topological polar surface area (TPSA) is 99.2 Å². The zero-order valence-electron chi connectivity index (χ0n) is 21.8. The lowest BCUT2D eigenvalue weighted by Gasteiger charge is -2.40. The quantitative estimate of drug-likeness (QED) is 0.535. The van der Waals surface area contributed by atoms with Gasteiger partial charge in [0.25, 0.3) is 5.91 Å². The molecule has 0 spiro atoms.